The van der Waals surface area contributed by atoms with Crippen LogP contribution in [0.25, 0.3) is 0 Å². The fourth-order valence-electron chi connectivity index (χ4n) is 2.46. The van der Waals surface area contributed by atoms with Crippen LogP contribution in [0, 0.1) is 11.6 Å². The number of anilines is 2. The van der Waals surface area contributed by atoms with Crippen LogP contribution in [0.2, 0.25) is 0 Å². The molecule has 0 bridgehead atoms. The summed E-state index contributed by atoms with van der Waals surface area (Å²) in [6.45, 7) is 3.32. The van der Waals surface area contributed by atoms with Crippen molar-refractivity contribution in [2.24, 2.45) is 0 Å². The molecule has 0 heterocycles. The first-order valence-electron chi connectivity index (χ1n) is 7.61. The van der Waals surface area contributed by atoms with E-state index in [-0.39, 0.29) is 11.9 Å². The molecule has 0 aliphatic heterocycles. The summed E-state index contributed by atoms with van der Waals surface area (Å²) in [4.78, 5) is 11.2. The maximum atomic E-state index is 14.0. The maximum Gasteiger partial charge on any atom is 0.221 e. The van der Waals surface area contributed by atoms with Crippen LogP contribution in [-0.2, 0) is 4.79 Å². The van der Waals surface area contributed by atoms with Gasteiger partial charge in [-0.1, -0.05) is 13.0 Å². The van der Waals surface area contributed by atoms with E-state index in [2.05, 4.69) is 10.6 Å². The number of benzene rings is 2. The second-order valence-electron chi connectivity index (χ2n) is 5.37. The minimum Gasteiger partial charge on any atom is -0.494 e. The van der Waals surface area contributed by atoms with E-state index in [1.807, 2.05) is 6.92 Å². The number of carbonyl (C=O) groups excluding carboxylic acids is 1. The summed E-state index contributed by atoms with van der Waals surface area (Å²) >= 11 is 0. The fraction of sp³-hybridized carbons (Fsp3) is 0.278. The van der Waals surface area contributed by atoms with E-state index < -0.39 is 11.6 Å². The molecule has 0 saturated carbocycles. The minimum atomic E-state index is -0.604. The molecule has 0 aliphatic carbocycles. The second kappa shape index (κ2) is 7.77. The van der Waals surface area contributed by atoms with Crippen LogP contribution >= 0.6 is 0 Å². The van der Waals surface area contributed by atoms with E-state index in [9.17, 15) is 13.6 Å². The number of rotatable bonds is 6. The van der Waals surface area contributed by atoms with E-state index >= 15 is 0 Å². The molecule has 24 heavy (non-hydrogen) atoms. The van der Waals surface area contributed by atoms with Crippen molar-refractivity contribution in [1.29, 1.82) is 0 Å². The molecule has 0 unspecified atom stereocenters. The van der Waals surface area contributed by atoms with Crippen LogP contribution in [0.3, 0.4) is 0 Å². The van der Waals surface area contributed by atoms with Crippen molar-refractivity contribution < 1.29 is 18.3 Å². The molecule has 0 saturated heterocycles. The number of ether oxygens (including phenoxy) is 1. The number of halogens is 2. The summed E-state index contributed by atoms with van der Waals surface area (Å²) in [6, 6.07) is 8.42. The molecule has 0 aromatic heterocycles. The molecule has 4 nitrogen and oxygen atoms in total. The Bertz CT molecular complexity index is 735. The van der Waals surface area contributed by atoms with Gasteiger partial charge in [0.1, 0.15) is 17.4 Å². The number of amides is 1. The molecule has 6 heteroatoms. The van der Waals surface area contributed by atoms with Crippen molar-refractivity contribution in [2.45, 2.75) is 26.3 Å². The number of hydrogen-bond donors (Lipinski definition) is 2. The lowest BCUT2D eigenvalue weighted by atomic mass is 10.0. The van der Waals surface area contributed by atoms with Gasteiger partial charge >= 0.3 is 0 Å². The molecule has 1 atom stereocenters. The van der Waals surface area contributed by atoms with E-state index in [0.29, 0.717) is 29.1 Å². The lowest BCUT2D eigenvalue weighted by Gasteiger charge is -2.20. The molecule has 0 spiro atoms. The average Bonchev–Trinajstić information content (AvgIpc) is 2.54. The van der Waals surface area contributed by atoms with Gasteiger partial charge in [0.15, 0.2) is 0 Å². The van der Waals surface area contributed by atoms with Crippen molar-refractivity contribution in [1.82, 2.24) is 0 Å². The van der Waals surface area contributed by atoms with Gasteiger partial charge in [-0.25, -0.2) is 8.78 Å². The largest absolute Gasteiger partial charge is 0.494 e. The quantitative estimate of drug-likeness (QED) is 0.818. The van der Waals surface area contributed by atoms with Gasteiger partial charge < -0.3 is 15.4 Å². The van der Waals surface area contributed by atoms with Gasteiger partial charge in [-0.2, -0.15) is 0 Å². The minimum absolute atomic E-state index is 0.200. The summed E-state index contributed by atoms with van der Waals surface area (Å²) in [7, 11) is 1.50. The SMILES string of the molecule is CC[C@H](Nc1ccc(NC(C)=O)c(OC)c1)c1ccc(F)cc1F. The monoisotopic (exact) mass is 334 g/mol. The lowest BCUT2D eigenvalue weighted by molar-refractivity contribution is -0.114. The Balaban J connectivity index is 2.26. The molecule has 0 aliphatic rings. The summed E-state index contributed by atoms with van der Waals surface area (Å²) in [5.41, 5.74) is 1.65. The Labute approximate surface area is 139 Å². The lowest BCUT2D eigenvalue weighted by Crippen LogP contribution is -2.12. The van der Waals surface area contributed by atoms with Crippen molar-refractivity contribution in [3.63, 3.8) is 0 Å². The number of methoxy groups -OCH3 is 1. The first kappa shape index (κ1) is 17.7. The number of carbonyl (C=O) groups is 1. The van der Waals surface area contributed by atoms with E-state index in [1.54, 1.807) is 18.2 Å². The summed E-state index contributed by atoms with van der Waals surface area (Å²) in [5, 5.41) is 5.88. The fourth-order valence-corrected chi connectivity index (χ4v) is 2.46. The Morgan fingerprint density at radius 2 is 1.96 bits per heavy atom. The third kappa shape index (κ3) is 4.22. The highest BCUT2D eigenvalue weighted by Crippen LogP contribution is 2.31. The van der Waals surface area contributed by atoms with E-state index in [0.717, 1.165) is 6.07 Å². The molecule has 2 rings (SSSR count). The van der Waals surface area contributed by atoms with Crippen LogP contribution in [-0.4, -0.2) is 13.0 Å². The van der Waals surface area contributed by atoms with Gasteiger partial charge in [0.05, 0.1) is 18.8 Å². The van der Waals surface area contributed by atoms with Gasteiger partial charge in [-0.3, -0.25) is 4.79 Å². The highest BCUT2D eigenvalue weighted by molar-refractivity contribution is 5.90. The standard InChI is InChI=1S/C18H20F2N2O2/c1-4-16(14-7-5-12(19)9-15(14)20)22-13-6-8-17(21-11(2)23)18(10-13)24-3/h5-10,16,22H,4H2,1-3H3,(H,21,23)/t16-/m0/s1. The highest BCUT2D eigenvalue weighted by atomic mass is 19.1. The molecule has 1 amide bonds. The zero-order valence-corrected chi connectivity index (χ0v) is 13.8. The van der Waals surface area contributed by atoms with Gasteiger partial charge in [0.2, 0.25) is 5.91 Å². The van der Waals surface area contributed by atoms with Gasteiger partial charge in [-0.15, -0.1) is 0 Å². The van der Waals surface area contributed by atoms with Crippen LogP contribution in [0.1, 0.15) is 31.9 Å². The van der Waals surface area contributed by atoms with Crippen LogP contribution in [0.5, 0.6) is 5.75 Å². The van der Waals surface area contributed by atoms with Gasteiger partial charge in [-0.05, 0) is 24.6 Å². The third-order valence-electron chi connectivity index (χ3n) is 3.60. The van der Waals surface area contributed by atoms with Crippen molar-refractivity contribution in [2.75, 3.05) is 17.7 Å². The van der Waals surface area contributed by atoms with Gasteiger partial charge in [0, 0.05) is 30.3 Å². The topological polar surface area (TPSA) is 50.4 Å². The van der Waals surface area contributed by atoms with Crippen molar-refractivity contribution >= 4 is 17.3 Å². The molecular formula is C18H20F2N2O2. The van der Waals surface area contributed by atoms with Crippen LogP contribution < -0.4 is 15.4 Å². The predicted octanol–water partition coefficient (Wildman–Crippen LogP) is 4.50. The zero-order chi connectivity index (χ0) is 17.7. The zero-order valence-electron chi connectivity index (χ0n) is 13.8. The summed E-state index contributed by atoms with van der Waals surface area (Å²) in [5.74, 6) is -0.901. The predicted molar refractivity (Wildman–Crippen MR) is 90.3 cm³/mol. The normalized spacial score (nSPS) is 11.7. The van der Waals surface area contributed by atoms with Gasteiger partial charge in [0.25, 0.3) is 0 Å². The molecule has 2 aromatic carbocycles. The summed E-state index contributed by atoms with van der Waals surface area (Å²) in [6.07, 6.45) is 0.609. The second-order valence-corrected chi connectivity index (χ2v) is 5.37. The van der Waals surface area contributed by atoms with E-state index in [4.69, 9.17) is 4.74 Å². The highest BCUT2D eigenvalue weighted by Gasteiger charge is 2.15. The average molecular weight is 334 g/mol. The molecule has 0 radical (unpaired) electrons. The molecule has 128 valence electrons. The van der Waals surface area contributed by atoms with Crippen molar-refractivity contribution in [3.05, 3.63) is 53.6 Å². The Morgan fingerprint density at radius 3 is 2.54 bits per heavy atom. The first-order chi connectivity index (χ1) is 11.4. The summed E-state index contributed by atoms with van der Waals surface area (Å²) < 4.78 is 32.3. The number of hydrogen-bond acceptors (Lipinski definition) is 3. The molecule has 2 aromatic rings. The van der Waals surface area contributed by atoms with Crippen LogP contribution in [0.4, 0.5) is 20.2 Å². The Kier molecular flexibility index (Phi) is 5.73. The number of nitrogens with one attached hydrogen (secondary N) is 2. The van der Waals surface area contributed by atoms with Crippen molar-refractivity contribution in [3.8, 4) is 5.75 Å². The Hall–Kier alpha value is -2.63. The molecule has 2 N–H and O–H groups in total. The molecular weight excluding hydrogens is 314 g/mol. The first-order valence-corrected chi connectivity index (χ1v) is 7.61. The van der Waals surface area contributed by atoms with Crippen LogP contribution in [0.15, 0.2) is 36.4 Å². The smallest absolute Gasteiger partial charge is 0.221 e. The Morgan fingerprint density at radius 1 is 1.21 bits per heavy atom. The van der Waals surface area contributed by atoms with E-state index in [1.165, 1.54) is 26.2 Å². The molecule has 0 fully saturated rings. The maximum absolute atomic E-state index is 14.0. The third-order valence-corrected chi connectivity index (χ3v) is 3.60.